The molecule has 2 fully saturated rings. The number of aromatic nitrogens is 2. The van der Waals surface area contributed by atoms with Crippen LogP contribution in [0, 0.1) is 12.8 Å². The van der Waals surface area contributed by atoms with E-state index in [1.54, 1.807) is 6.20 Å². The first-order valence-corrected chi connectivity index (χ1v) is 11.3. The van der Waals surface area contributed by atoms with Crippen LogP contribution < -0.4 is 15.5 Å². The smallest absolute Gasteiger partial charge is 0.319 e. The number of pyridine rings is 2. The molecule has 2 aliphatic heterocycles. The first-order valence-electron chi connectivity index (χ1n) is 11.3. The van der Waals surface area contributed by atoms with Crippen LogP contribution in [0.25, 0.3) is 0 Å². The molecule has 0 radical (unpaired) electrons. The minimum atomic E-state index is -0.598. The van der Waals surface area contributed by atoms with Gasteiger partial charge in [0, 0.05) is 30.9 Å². The van der Waals surface area contributed by atoms with Crippen LogP contribution in [-0.4, -0.2) is 41.5 Å². The molecule has 172 valence electrons. The third-order valence-electron chi connectivity index (χ3n) is 6.00. The predicted molar refractivity (Wildman–Crippen MR) is 124 cm³/mol. The first-order chi connectivity index (χ1) is 15.3. The van der Waals surface area contributed by atoms with Crippen molar-refractivity contribution in [3.8, 4) is 0 Å². The van der Waals surface area contributed by atoms with Crippen molar-refractivity contribution in [1.82, 2.24) is 15.3 Å². The van der Waals surface area contributed by atoms with Crippen LogP contribution >= 0.6 is 0 Å². The number of rotatable bonds is 5. The SMILES string of the molecule is Cc1ccc(CNC(=O)Nc2ccc(C3COC(C)(C)O3)nc2)c(N2CCC(C)CC2)n1. The van der Waals surface area contributed by atoms with Gasteiger partial charge in [-0.2, -0.15) is 0 Å². The Morgan fingerprint density at radius 2 is 2.00 bits per heavy atom. The molecule has 0 aliphatic carbocycles. The molecule has 2 aromatic rings. The normalized spacial score (nSPS) is 20.9. The van der Waals surface area contributed by atoms with Gasteiger partial charge < -0.3 is 25.0 Å². The summed E-state index contributed by atoms with van der Waals surface area (Å²) in [4.78, 5) is 24.0. The number of ether oxygens (including phenoxy) is 2. The van der Waals surface area contributed by atoms with Crippen molar-refractivity contribution in [1.29, 1.82) is 0 Å². The maximum absolute atomic E-state index is 12.5. The monoisotopic (exact) mass is 439 g/mol. The number of carbonyl (C=O) groups excluding carboxylic acids is 1. The van der Waals surface area contributed by atoms with E-state index >= 15 is 0 Å². The molecule has 4 rings (SSSR count). The standard InChI is InChI=1S/C24H33N5O3/c1-16-9-11-29(12-10-16)22-18(6-5-17(2)27-22)13-26-23(30)28-19-7-8-20(25-14-19)21-15-31-24(3,4)32-21/h5-8,14,16,21H,9-13,15H2,1-4H3,(H2,26,28,30). The van der Waals surface area contributed by atoms with Gasteiger partial charge in [-0.25, -0.2) is 9.78 Å². The molecule has 4 heterocycles. The topological polar surface area (TPSA) is 88.6 Å². The molecular weight excluding hydrogens is 406 g/mol. The molecule has 8 heteroatoms. The molecule has 2 aromatic heterocycles. The summed E-state index contributed by atoms with van der Waals surface area (Å²) in [5, 5.41) is 5.79. The van der Waals surface area contributed by atoms with Gasteiger partial charge in [-0.15, -0.1) is 0 Å². The molecule has 2 N–H and O–H groups in total. The first kappa shape index (κ1) is 22.5. The summed E-state index contributed by atoms with van der Waals surface area (Å²) in [6.07, 6.45) is 3.78. The number of amides is 2. The highest BCUT2D eigenvalue weighted by atomic mass is 16.7. The average molecular weight is 440 g/mol. The zero-order valence-electron chi connectivity index (χ0n) is 19.4. The van der Waals surface area contributed by atoms with Gasteiger partial charge in [0.15, 0.2) is 5.79 Å². The van der Waals surface area contributed by atoms with Gasteiger partial charge in [-0.05, 0) is 57.7 Å². The van der Waals surface area contributed by atoms with E-state index in [2.05, 4.69) is 33.5 Å². The van der Waals surface area contributed by atoms with Gasteiger partial charge in [0.2, 0.25) is 0 Å². The number of aryl methyl sites for hydroxylation is 1. The molecule has 2 aliphatic rings. The number of anilines is 2. The number of piperidine rings is 1. The van der Waals surface area contributed by atoms with Crippen LogP contribution in [0.2, 0.25) is 0 Å². The number of hydrogen-bond acceptors (Lipinski definition) is 6. The van der Waals surface area contributed by atoms with Crippen molar-refractivity contribution in [3.05, 3.63) is 47.4 Å². The molecule has 2 saturated heterocycles. The highest BCUT2D eigenvalue weighted by Gasteiger charge is 2.34. The zero-order valence-corrected chi connectivity index (χ0v) is 19.4. The Bertz CT molecular complexity index is 939. The second-order valence-corrected chi connectivity index (χ2v) is 9.20. The van der Waals surface area contributed by atoms with Crippen molar-refractivity contribution in [3.63, 3.8) is 0 Å². The van der Waals surface area contributed by atoms with Crippen LogP contribution in [-0.2, 0) is 16.0 Å². The van der Waals surface area contributed by atoms with Gasteiger partial charge in [0.25, 0.3) is 0 Å². The lowest BCUT2D eigenvalue weighted by Gasteiger charge is -2.32. The van der Waals surface area contributed by atoms with Gasteiger partial charge in [0.1, 0.15) is 11.9 Å². The summed E-state index contributed by atoms with van der Waals surface area (Å²) < 4.78 is 11.4. The van der Waals surface area contributed by atoms with E-state index in [1.165, 1.54) is 12.8 Å². The van der Waals surface area contributed by atoms with Crippen LogP contribution in [0.5, 0.6) is 0 Å². The second-order valence-electron chi connectivity index (χ2n) is 9.20. The number of hydrogen-bond donors (Lipinski definition) is 2. The van der Waals surface area contributed by atoms with Gasteiger partial charge >= 0.3 is 6.03 Å². The van der Waals surface area contributed by atoms with Crippen LogP contribution in [0.15, 0.2) is 30.5 Å². The van der Waals surface area contributed by atoms with Gasteiger partial charge in [0.05, 0.1) is 24.2 Å². The lowest BCUT2D eigenvalue weighted by atomic mass is 9.99. The molecular formula is C24H33N5O3. The van der Waals surface area contributed by atoms with Gasteiger partial charge in [-0.3, -0.25) is 4.98 Å². The Labute approximate surface area is 189 Å². The fourth-order valence-electron chi connectivity index (χ4n) is 4.06. The molecule has 1 unspecified atom stereocenters. The number of urea groups is 1. The Morgan fingerprint density at radius 3 is 2.66 bits per heavy atom. The van der Waals surface area contributed by atoms with E-state index in [9.17, 15) is 4.79 Å². The van der Waals surface area contributed by atoms with E-state index in [0.29, 0.717) is 18.8 Å². The predicted octanol–water partition coefficient (Wildman–Crippen LogP) is 4.17. The number of carbonyl (C=O) groups is 1. The van der Waals surface area contributed by atoms with Crippen molar-refractivity contribution in [2.75, 3.05) is 29.9 Å². The molecule has 1 atom stereocenters. The molecule has 32 heavy (non-hydrogen) atoms. The summed E-state index contributed by atoms with van der Waals surface area (Å²) in [6, 6.07) is 7.44. The van der Waals surface area contributed by atoms with Crippen LogP contribution in [0.1, 0.15) is 56.7 Å². The fraction of sp³-hybridized carbons (Fsp3) is 0.542. The highest BCUT2D eigenvalue weighted by molar-refractivity contribution is 5.89. The average Bonchev–Trinajstić information content (AvgIpc) is 3.13. The second kappa shape index (κ2) is 9.42. The molecule has 0 spiro atoms. The van der Waals surface area contributed by atoms with Crippen LogP contribution in [0.3, 0.4) is 0 Å². The van der Waals surface area contributed by atoms with E-state index in [4.69, 9.17) is 14.5 Å². The quantitative estimate of drug-likeness (QED) is 0.727. The van der Waals surface area contributed by atoms with E-state index in [1.807, 2.05) is 39.0 Å². The lowest BCUT2D eigenvalue weighted by Crippen LogP contribution is -2.35. The molecule has 0 bridgehead atoms. The number of nitrogens with one attached hydrogen (secondary N) is 2. The summed E-state index contributed by atoms with van der Waals surface area (Å²) in [7, 11) is 0. The molecule has 8 nitrogen and oxygen atoms in total. The van der Waals surface area contributed by atoms with Crippen molar-refractivity contribution in [2.45, 2.75) is 59.0 Å². The Morgan fingerprint density at radius 1 is 1.22 bits per heavy atom. The Kier molecular flexibility index (Phi) is 6.62. The number of nitrogens with zero attached hydrogens (tertiary/aromatic N) is 3. The minimum Gasteiger partial charge on any atom is -0.356 e. The maximum atomic E-state index is 12.5. The molecule has 2 amide bonds. The summed E-state index contributed by atoms with van der Waals surface area (Å²) in [6.45, 7) is 10.9. The fourth-order valence-corrected chi connectivity index (χ4v) is 4.06. The van der Waals surface area contributed by atoms with Crippen molar-refractivity contribution >= 4 is 17.5 Å². The lowest BCUT2D eigenvalue weighted by molar-refractivity contribution is -0.139. The van der Waals surface area contributed by atoms with Crippen molar-refractivity contribution < 1.29 is 14.3 Å². The minimum absolute atomic E-state index is 0.196. The Balaban J connectivity index is 1.33. The molecule has 0 saturated carbocycles. The Hall–Kier alpha value is -2.71. The third kappa shape index (κ3) is 5.55. The van der Waals surface area contributed by atoms with Crippen LogP contribution in [0.4, 0.5) is 16.3 Å². The van der Waals surface area contributed by atoms with Gasteiger partial charge in [-0.1, -0.05) is 13.0 Å². The van der Waals surface area contributed by atoms with Crippen molar-refractivity contribution in [2.24, 2.45) is 5.92 Å². The van der Waals surface area contributed by atoms with E-state index in [-0.39, 0.29) is 12.1 Å². The third-order valence-corrected chi connectivity index (χ3v) is 6.00. The van der Waals surface area contributed by atoms with E-state index < -0.39 is 5.79 Å². The largest absolute Gasteiger partial charge is 0.356 e. The maximum Gasteiger partial charge on any atom is 0.319 e. The summed E-state index contributed by atoms with van der Waals surface area (Å²) in [5.74, 6) is 1.13. The summed E-state index contributed by atoms with van der Waals surface area (Å²) in [5.41, 5.74) is 3.41. The summed E-state index contributed by atoms with van der Waals surface area (Å²) >= 11 is 0. The zero-order chi connectivity index (χ0) is 22.7. The highest BCUT2D eigenvalue weighted by Crippen LogP contribution is 2.32. The molecule has 0 aromatic carbocycles. The van der Waals surface area contributed by atoms with E-state index in [0.717, 1.165) is 41.8 Å².